The number of carbonyl (C=O) groups excluding carboxylic acids is 1. The SMILES string of the molecule is NCCNC(C(=O)N1CCC2=C(Cc3ccc(Cl)cc32)C1)c1ccc(Cl)cc1. The van der Waals surface area contributed by atoms with Gasteiger partial charge in [-0.25, -0.2) is 0 Å². The highest BCUT2D eigenvalue weighted by atomic mass is 35.5. The predicted molar refractivity (Wildman–Crippen MR) is 115 cm³/mol. The van der Waals surface area contributed by atoms with Crippen molar-refractivity contribution in [2.75, 3.05) is 26.2 Å². The minimum absolute atomic E-state index is 0.0799. The lowest BCUT2D eigenvalue weighted by Crippen LogP contribution is -2.44. The maximum Gasteiger partial charge on any atom is 0.244 e. The van der Waals surface area contributed by atoms with Crippen LogP contribution in [0, 0.1) is 0 Å². The number of fused-ring (bicyclic) bond motifs is 2. The molecule has 2 aromatic carbocycles. The molecule has 0 aromatic heterocycles. The molecular weight excluding hydrogens is 393 g/mol. The summed E-state index contributed by atoms with van der Waals surface area (Å²) in [5.74, 6) is 0.0799. The molecule has 0 saturated heterocycles. The molecule has 0 bridgehead atoms. The fraction of sp³-hybridized carbons (Fsp3) is 0.318. The number of hydrogen-bond acceptors (Lipinski definition) is 3. The highest BCUT2D eigenvalue weighted by molar-refractivity contribution is 6.31. The van der Waals surface area contributed by atoms with Gasteiger partial charge in [-0.1, -0.05) is 41.4 Å². The first-order valence-electron chi connectivity index (χ1n) is 9.54. The number of benzene rings is 2. The Hall–Kier alpha value is -1.85. The Kier molecular flexibility index (Phi) is 5.74. The van der Waals surface area contributed by atoms with Crippen LogP contribution in [0.2, 0.25) is 10.0 Å². The minimum Gasteiger partial charge on any atom is -0.337 e. The molecule has 1 aliphatic carbocycles. The van der Waals surface area contributed by atoms with Gasteiger partial charge in [-0.15, -0.1) is 0 Å². The minimum atomic E-state index is -0.416. The van der Waals surface area contributed by atoms with Crippen LogP contribution in [0.25, 0.3) is 5.57 Å². The first-order chi connectivity index (χ1) is 13.6. The molecule has 1 unspecified atom stereocenters. The Morgan fingerprint density at radius 1 is 1.14 bits per heavy atom. The van der Waals surface area contributed by atoms with Crippen LogP contribution < -0.4 is 11.1 Å². The molecule has 3 N–H and O–H groups in total. The standard InChI is InChI=1S/C22H23Cl2N3O/c23-17-4-1-14(2-5-17)21(26-9-8-25)22(28)27-10-7-19-16(13-27)11-15-3-6-18(24)12-20(15)19/h1-6,12,21,26H,7-11,13,25H2. The van der Waals surface area contributed by atoms with Crippen LogP contribution in [0.3, 0.4) is 0 Å². The van der Waals surface area contributed by atoms with Crippen molar-refractivity contribution in [3.63, 3.8) is 0 Å². The van der Waals surface area contributed by atoms with Crippen LogP contribution in [0.5, 0.6) is 0 Å². The summed E-state index contributed by atoms with van der Waals surface area (Å²) in [6, 6.07) is 13.1. The summed E-state index contributed by atoms with van der Waals surface area (Å²) in [4.78, 5) is 15.3. The molecular formula is C22H23Cl2N3O. The van der Waals surface area contributed by atoms with Gasteiger partial charge in [-0.2, -0.15) is 0 Å². The molecule has 0 radical (unpaired) electrons. The third-order valence-corrected chi connectivity index (χ3v) is 5.98. The summed E-state index contributed by atoms with van der Waals surface area (Å²) in [7, 11) is 0. The molecule has 146 valence electrons. The van der Waals surface area contributed by atoms with Crippen molar-refractivity contribution in [1.82, 2.24) is 10.2 Å². The molecule has 1 amide bonds. The molecule has 4 nitrogen and oxygen atoms in total. The molecule has 4 rings (SSSR count). The summed E-state index contributed by atoms with van der Waals surface area (Å²) in [5, 5.41) is 4.71. The zero-order valence-electron chi connectivity index (χ0n) is 15.6. The quantitative estimate of drug-likeness (QED) is 0.779. The average molecular weight is 416 g/mol. The number of nitrogens with two attached hydrogens (primary N) is 1. The molecule has 0 spiro atoms. The number of hydrogen-bond donors (Lipinski definition) is 2. The maximum atomic E-state index is 13.4. The summed E-state index contributed by atoms with van der Waals surface area (Å²) in [6.45, 7) is 2.42. The van der Waals surface area contributed by atoms with E-state index < -0.39 is 6.04 Å². The van der Waals surface area contributed by atoms with E-state index in [4.69, 9.17) is 28.9 Å². The first-order valence-corrected chi connectivity index (χ1v) is 10.3. The van der Waals surface area contributed by atoms with Crippen LogP contribution in [0.15, 0.2) is 48.0 Å². The average Bonchev–Trinajstić information content (AvgIpc) is 3.06. The number of nitrogens with zero attached hydrogens (tertiary/aromatic N) is 1. The monoisotopic (exact) mass is 415 g/mol. The van der Waals surface area contributed by atoms with Crippen molar-refractivity contribution in [2.45, 2.75) is 18.9 Å². The number of carbonyl (C=O) groups is 1. The van der Waals surface area contributed by atoms with Gasteiger partial charge in [0.1, 0.15) is 6.04 Å². The van der Waals surface area contributed by atoms with E-state index in [2.05, 4.69) is 17.4 Å². The van der Waals surface area contributed by atoms with E-state index in [-0.39, 0.29) is 5.91 Å². The van der Waals surface area contributed by atoms with Gasteiger partial charge in [0, 0.05) is 36.2 Å². The van der Waals surface area contributed by atoms with Crippen molar-refractivity contribution in [3.05, 3.63) is 74.8 Å². The van der Waals surface area contributed by atoms with Gasteiger partial charge in [-0.05, 0) is 64.9 Å². The Morgan fingerprint density at radius 2 is 1.89 bits per heavy atom. The van der Waals surface area contributed by atoms with Gasteiger partial charge < -0.3 is 16.0 Å². The molecule has 2 aliphatic rings. The van der Waals surface area contributed by atoms with Crippen molar-refractivity contribution in [1.29, 1.82) is 0 Å². The smallest absolute Gasteiger partial charge is 0.244 e. The van der Waals surface area contributed by atoms with E-state index in [9.17, 15) is 4.79 Å². The van der Waals surface area contributed by atoms with E-state index in [1.54, 1.807) is 0 Å². The van der Waals surface area contributed by atoms with Crippen LogP contribution >= 0.6 is 23.2 Å². The normalized spacial score (nSPS) is 16.8. The van der Waals surface area contributed by atoms with Gasteiger partial charge in [0.05, 0.1) is 0 Å². The van der Waals surface area contributed by atoms with E-state index in [0.717, 1.165) is 23.4 Å². The van der Waals surface area contributed by atoms with Crippen molar-refractivity contribution >= 4 is 34.7 Å². The fourth-order valence-electron chi connectivity index (χ4n) is 4.13. The third-order valence-electron chi connectivity index (χ3n) is 5.50. The zero-order valence-corrected chi connectivity index (χ0v) is 17.1. The molecule has 28 heavy (non-hydrogen) atoms. The van der Waals surface area contributed by atoms with Crippen molar-refractivity contribution in [2.24, 2.45) is 5.73 Å². The predicted octanol–water partition coefficient (Wildman–Crippen LogP) is 3.83. The number of rotatable bonds is 5. The molecule has 0 fully saturated rings. The third kappa shape index (κ3) is 3.83. The van der Waals surface area contributed by atoms with Gasteiger partial charge in [0.15, 0.2) is 0 Å². The molecule has 1 atom stereocenters. The summed E-state index contributed by atoms with van der Waals surface area (Å²) < 4.78 is 0. The number of nitrogens with one attached hydrogen (secondary N) is 1. The molecule has 6 heteroatoms. The lowest BCUT2D eigenvalue weighted by atomic mass is 9.97. The fourth-order valence-corrected chi connectivity index (χ4v) is 4.43. The first kappa shape index (κ1) is 19.5. The van der Waals surface area contributed by atoms with Crippen LogP contribution in [-0.2, 0) is 11.2 Å². The van der Waals surface area contributed by atoms with E-state index in [1.807, 2.05) is 35.2 Å². The van der Waals surface area contributed by atoms with Gasteiger partial charge in [0.2, 0.25) is 5.91 Å². The Labute approximate surface area is 175 Å². The van der Waals surface area contributed by atoms with Gasteiger partial charge in [0.25, 0.3) is 0 Å². The molecule has 0 saturated carbocycles. The summed E-state index contributed by atoms with van der Waals surface area (Å²) in [6.07, 6.45) is 1.76. The van der Waals surface area contributed by atoms with E-state index >= 15 is 0 Å². The van der Waals surface area contributed by atoms with E-state index in [1.165, 1.54) is 22.3 Å². The molecule has 1 aliphatic heterocycles. The van der Waals surface area contributed by atoms with Crippen molar-refractivity contribution < 1.29 is 4.79 Å². The topological polar surface area (TPSA) is 58.4 Å². The van der Waals surface area contributed by atoms with Crippen LogP contribution in [0.1, 0.15) is 29.2 Å². The van der Waals surface area contributed by atoms with E-state index in [0.29, 0.717) is 31.2 Å². The Bertz CT molecular complexity index is 924. The van der Waals surface area contributed by atoms with Crippen LogP contribution in [-0.4, -0.2) is 37.0 Å². The maximum absolute atomic E-state index is 13.4. The Balaban J connectivity index is 1.54. The summed E-state index contributed by atoms with van der Waals surface area (Å²) >= 11 is 12.2. The number of halogens is 2. The lowest BCUT2D eigenvalue weighted by Gasteiger charge is -2.32. The highest BCUT2D eigenvalue weighted by Crippen LogP contribution is 2.39. The highest BCUT2D eigenvalue weighted by Gasteiger charge is 2.32. The molecule has 1 heterocycles. The van der Waals surface area contributed by atoms with Gasteiger partial charge in [-0.3, -0.25) is 4.79 Å². The van der Waals surface area contributed by atoms with Gasteiger partial charge >= 0.3 is 0 Å². The second-order valence-corrected chi connectivity index (χ2v) is 8.17. The van der Waals surface area contributed by atoms with Crippen molar-refractivity contribution in [3.8, 4) is 0 Å². The zero-order chi connectivity index (χ0) is 19.7. The molecule has 2 aromatic rings. The Morgan fingerprint density at radius 3 is 2.64 bits per heavy atom. The van der Waals surface area contributed by atoms with Crippen LogP contribution in [0.4, 0.5) is 0 Å². The number of amides is 1. The lowest BCUT2D eigenvalue weighted by molar-refractivity contribution is -0.133. The summed E-state index contributed by atoms with van der Waals surface area (Å²) in [5.41, 5.74) is 11.8. The second-order valence-electron chi connectivity index (χ2n) is 7.30. The largest absolute Gasteiger partial charge is 0.337 e. The second kappa shape index (κ2) is 8.26.